The number of β-amino-alcohol motifs (C(OH)–C–C–N with tert-alkyl or cyclic N) is 1. The lowest BCUT2D eigenvalue weighted by Crippen LogP contribution is -2.55. The fraction of sp³-hybridized carbons (Fsp3) is 0.588. The molecular formula is C17H24FNO3. The number of aliphatic hydroxyl groups excluding tert-OH is 1. The van der Waals surface area contributed by atoms with Crippen LogP contribution in [0, 0.1) is 11.7 Å². The van der Waals surface area contributed by atoms with E-state index in [0.29, 0.717) is 18.8 Å². The molecule has 2 rings (SSSR count). The van der Waals surface area contributed by atoms with Gasteiger partial charge in [-0.3, -0.25) is 10.1 Å². The molecule has 1 unspecified atom stereocenters. The van der Waals surface area contributed by atoms with Gasteiger partial charge in [0.15, 0.2) is 0 Å². The summed E-state index contributed by atoms with van der Waals surface area (Å²) < 4.78 is 18.6. The lowest BCUT2D eigenvalue weighted by atomic mass is 9.77. The molecule has 0 saturated heterocycles. The quantitative estimate of drug-likeness (QED) is 0.821. The predicted octanol–water partition coefficient (Wildman–Crippen LogP) is 2.57. The van der Waals surface area contributed by atoms with Crippen molar-refractivity contribution in [2.45, 2.75) is 44.2 Å². The SMILES string of the molecule is COC(=O)C1(NCC(O)c2ccccc2F)CCC(C)CC1. The number of aliphatic hydroxyl groups is 1. The lowest BCUT2D eigenvalue weighted by Gasteiger charge is -2.38. The number of halogens is 1. The topological polar surface area (TPSA) is 58.6 Å². The molecule has 4 nitrogen and oxygen atoms in total. The Labute approximate surface area is 130 Å². The summed E-state index contributed by atoms with van der Waals surface area (Å²) in [5.41, 5.74) is -0.535. The number of ether oxygens (including phenoxy) is 1. The molecule has 1 fully saturated rings. The van der Waals surface area contributed by atoms with E-state index in [1.807, 2.05) is 0 Å². The van der Waals surface area contributed by atoms with E-state index in [1.54, 1.807) is 18.2 Å². The van der Waals surface area contributed by atoms with Crippen molar-refractivity contribution >= 4 is 5.97 Å². The van der Waals surface area contributed by atoms with Gasteiger partial charge in [0.25, 0.3) is 0 Å². The van der Waals surface area contributed by atoms with E-state index in [2.05, 4.69) is 12.2 Å². The molecule has 0 aliphatic heterocycles. The summed E-state index contributed by atoms with van der Waals surface area (Å²) in [6.07, 6.45) is 2.20. The molecule has 2 N–H and O–H groups in total. The molecule has 122 valence electrons. The Balaban J connectivity index is 2.05. The Morgan fingerprint density at radius 2 is 2.09 bits per heavy atom. The normalized spacial score (nSPS) is 26.5. The van der Waals surface area contributed by atoms with Crippen molar-refractivity contribution < 1.29 is 19.0 Å². The summed E-state index contributed by atoms with van der Waals surface area (Å²) in [4.78, 5) is 12.2. The number of benzene rings is 1. The van der Waals surface area contributed by atoms with Crippen molar-refractivity contribution in [2.75, 3.05) is 13.7 Å². The van der Waals surface area contributed by atoms with Gasteiger partial charge in [0.1, 0.15) is 11.4 Å². The minimum Gasteiger partial charge on any atom is -0.468 e. The van der Waals surface area contributed by atoms with Gasteiger partial charge in [0.05, 0.1) is 13.2 Å². The van der Waals surface area contributed by atoms with E-state index < -0.39 is 17.5 Å². The smallest absolute Gasteiger partial charge is 0.326 e. The minimum atomic E-state index is -0.998. The molecule has 0 spiro atoms. The van der Waals surface area contributed by atoms with Gasteiger partial charge in [-0.2, -0.15) is 0 Å². The van der Waals surface area contributed by atoms with Gasteiger partial charge in [0, 0.05) is 12.1 Å². The van der Waals surface area contributed by atoms with Crippen LogP contribution in [0.1, 0.15) is 44.3 Å². The summed E-state index contributed by atoms with van der Waals surface area (Å²) in [5.74, 6) is -0.169. The van der Waals surface area contributed by atoms with Crippen molar-refractivity contribution in [1.29, 1.82) is 0 Å². The van der Waals surface area contributed by atoms with E-state index in [-0.39, 0.29) is 18.1 Å². The molecule has 1 aliphatic rings. The molecule has 22 heavy (non-hydrogen) atoms. The second-order valence-electron chi connectivity index (χ2n) is 6.17. The van der Waals surface area contributed by atoms with Crippen LogP contribution in [-0.2, 0) is 9.53 Å². The molecule has 5 heteroatoms. The van der Waals surface area contributed by atoms with Gasteiger partial charge in [-0.15, -0.1) is 0 Å². The largest absolute Gasteiger partial charge is 0.468 e. The van der Waals surface area contributed by atoms with Crippen LogP contribution in [0.15, 0.2) is 24.3 Å². The fourth-order valence-electron chi connectivity index (χ4n) is 3.05. The van der Waals surface area contributed by atoms with Gasteiger partial charge in [-0.25, -0.2) is 4.39 Å². The molecule has 1 aliphatic carbocycles. The maximum absolute atomic E-state index is 13.7. The molecule has 0 heterocycles. The zero-order chi connectivity index (χ0) is 16.2. The van der Waals surface area contributed by atoms with Crippen molar-refractivity contribution in [3.63, 3.8) is 0 Å². The number of carbonyl (C=O) groups excluding carboxylic acids is 1. The van der Waals surface area contributed by atoms with Crippen LogP contribution in [0.4, 0.5) is 4.39 Å². The Morgan fingerprint density at radius 1 is 1.45 bits per heavy atom. The first-order chi connectivity index (χ1) is 10.5. The third-order valence-corrected chi connectivity index (χ3v) is 4.60. The summed E-state index contributed by atoms with van der Waals surface area (Å²) in [6.45, 7) is 2.28. The number of hydrogen-bond acceptors (Lipinski definition) is 4. The molecule has 1 atom stereocenters. The first-order valence-corrected chi connectivity index (χ1v) is 7.74. The number of methoxy groups -OCH3 is 1. The number of rotatable bonds is 5. The van der Waals surface area contributed by atoms with Crippen molar-refractivity contribution in [2.24, 2.45) is 5.92 Å². The summed E-state index contributed by atoms with van der Waals surface area (Å²) in [5, 5.41) is 13.3. The molecule has 0 bridgehead atoms. The van der Waals surface area contributed by atoms with Gasteiger partial charge >= 0.3 is 5.97 Å². The standard InChI is InChI=1S/C17H24FNO3/c1-12-7-9-17(10-8-12,16(21)22-2)19-11-15(20)13-5-3-4-6-14(13)18/h3-6,12,15,19-20H,7-11H2,1-2H3. The van der Waals surface area contributed by atoms with E-state index in [4.69, 9.17) is 4.74 Å². The zero-order valence-corrected chi connectivity index (χ0v) is 13.1. The fourth-order valence-corrected chi connectivity index (χ4v) is 3.05. The van der Waals surface area contributed by atoms with Crippen molar-refractivity contribution in [3.8, 4) is 0 Å². The monoisotopic (exact) mass is 309 g/mol. The molecular weight excluding hydrogens is 285 g/mol. The highest BCUT2D eigenvalue weighted by Crippen LogP contribution is 2.33. The van der Waals surface area contributed by atoms with Crippen LogP contribution in [0.3, 0.4) is 0 Å². The molecule has 0 amide bonds. The van der Waals surface area contributed by atoms with Crippen LogP contribution in [0.25, 0.3) is 0 Å². The third-order valence-electron chi connectivity index (χ3n) is 4.60. The van der Waals surface area contributed by atoms with Crippen molar-refractivity contribution in [1.82, 2.24) is 5.32 Å². The average molecular weight is 309 g/mol. The Morgan fingerprint density at radius 3 is 2.68 bits per heavy atom. The summed E-state index contributed by atoms with van der Waals surface area (Å²) in [7, 11) is 1.37. The van der Waals surface area contributed by atoms with E-state index >= 15 is 0 Å². The molecule has 1 aromatic carbocycles. The highest BCUT2D eigenvalue weighted by Gasteiger charge is 2.42. The summed E-state index contributed by atoms with van der Waals surface area (Å²) >= 11 is 0. The highest BCUT2D eigenvalue weighted by molar-refractivity contribution is 5.80. The van der Waals surface area contributed by atoms with Crippen LogP contribution in [-0.4, -0.2) is 30.3 Å². The second-order valence-corrected chi connectivity index (χ2v) is 6.17. The van der Waals surface area contributed by atoms with E-state index in [1.165, 1.54) is 13.2 Å². The second kappa shape index (κ2) is 7.20. The lowest BCUT2D eigenvalue weighted by molar-refractivity contribution is -0.150. The number of hydrogen-bond donors (Lipinski definition) is 2. The van der Waals surface area contributed by atoms with Gasteiger partial charge in [-0.1, -0.05) is 25.1 Å². The van der Waals surface area contributed by atoms with E-state index in [9.17, 15) is 14.3 Å². The number of carbonyl (C=O) groups is 1. The van der Waals surface area contributed by atoms with Crippen molar-refractivity contribution in [3.05, 3.63) is 35.6 Å². The predicted molar refractivity (Wildman–Crippen MR) is 81.7 cm³/mol. The Bertz CT molecular complexity index is 512. The Kier molecular flexibility index (Phi) is 5.53. The first-order valence-electron chi connectivity index (χ1n) is 7.74. The zero-order valence-electron chi connectivity index (χ0n) is 13.1. The maximum Gasteiger partial charge on any atom is 0.326 e. The van der Waals surface area contributed by atoms with Crippen LogP contribution < -0.4 is 5.32 Å². The highest BCUT2D eigenvalue weighted by atomic mass is 19.1. The molecule has 1 aromatic rings. The van der Waals surface area contributed by atoms with E-state index in [0.717, 1.165) is 12.8 Å². The van der Waals surface area contributed by atoms with Crippen LogP contribution >= 0.6 is 0 Å². The Hall–Kier alpha value is -1.46. The third kappa shape index (κ3) is 3.65. The maximum atomic E-state index is 13.7. The number of nitrogens with one attached hydrogen (secondary N) is 1. The first kappa shape index (κ1) is 16.9. The minimum absolute atomic E-state index is 0.115. The molecule has 0 radical (unpaired) electrons. The molecule has 0 aromatic heterocycles. The summed E-state index contributed by atoms with van der Waals surface area (Å²) in [6, 6.07) is 6.13. The number of esters is 1. The van der Waals surface area contributed by atoms with Gasteiger partial charge in [0.2, 0.25) is 0 Å². The van der Waals surface area contributed by atoms with Gasteiger partial charge < -0.3 is 9.84 Å². The van der Waals surface area contributed by atoms with Crippen LogP contribution in [0.5, 0.6) is 0 Å². The molecule has 1 saturated carbocycles. The van der Waals surface area contributed by atoms with Crippen LogP contribution in [0.2, 0.25) is 0 Å². The average Bonchev–Trinajstić information content (AvgIpc) is 2.54. The van der Waals surface area contributed by atoms with Gasteiger partial charge in [-0.05, 0) is 37.7 Å².